The molecule has 1 N–H and O–H groups in total. The zero-order valence-corrected chi connectivity index (χ0v) is 15.3. The molecule has 2 aromatic rings. The van der Waals surface area contributed by atoms with E-state index in [0.29, 0.717) is 18.0 Å². The number of nitrogens with one attached hydrogen (secondary N) is 1. The number of carbonyl (C=O) groups excluding carboxylic acids is 1. The van der Waals surface area contributed by atoms with E-state index < -0.39 is 0 Å². The van der Waals surface area contributed by atoms with Gasteiger partial charge in [0.25, 0.3) is 0 Å². The summed E-state index contributed by atoms with van der Waals surface area (Å²) in [6.45, 7) is 2.48. The van der Waals surface area contributed by atoms with E-state index in [-0.39, 0.29) is 17.7 Å². The zero-order valence-electron chi connectivity index (χ0n) is 13.7. The third-order valence-corrected chi connectivity index (χ3v) is 4.66. The van der Waals surface area contributed by atoms with Crippen molar-refractivity contribution in [3.63, 3.8) is 0 Å². The van der Waals surface area contributed by atoms with Crippen molar-refractivity contribution in [3.05, 3.63) is 52.5 Å². The lowest BCUT2D eigenvalue weighted by molar-refractivity contribution is -0.117. The van der Waals surface area contributed by atoms with E-state index in [1.165, 1.54) is 0 Å². The number of methoxy groups -OCH3 is 1. The summed E-state index contributed by atoms with van der Waals surface area (Å²) in [5, 5.41) is 3.00. The fourth-order valence-corrected chi connectivity index (χ4v) is 3.27. The number of para-hydroxylation sites is 1. The highest BCUT2D eigenvalue weighted by molar-refractivity contribution is 9.10. The largest absolute Gasteiger partial charge is 0.496 e. The van der Waals surface area contributed by atoms with E-state index in [1.54, 1.807) is 7.11 Å². The highest BCUT2D eigenvalue weighted by Gasteiger charge is 2.45. The van der Waals surface area contributed by atoms with Gasteiger partial charge in [-0.25, -0.2) is 0 Å². The first kappa shape index (κ1) is 16.8. The highest BCUT2D eigenvalue weighted by atomic mass is 79.9. The first-order chi connectivity index (χ1) is 11.6. The summed E-state index contributed by atoms with van der Waals surface area (Å²) >= 11 is 3.43. The molecule has 24 heavy (non-hydrogen) atoms. The Kier molecular flexibility index (Phi) is 5.09. The third-order valence-electron chi connectivity index (χ3n) is 4.16. The second kappa shape index (κ2) is 7.26. The quantitative estimate of drug-likeness (QED) is 0.785. The van der Waals surface area contributed by atoms with Crippen molar-refractivity contribution in [2.45, 2.75) is 19.3 Å². The summed E-state index contributed by atoms with van der Waals surface area (Å²) in [5.41, 5.74) is 1.79. The number of halogens is 1. The average Bonchev–Trinajstić information content (AvgIpc) is 3.38. The molecule has 5 heteroatoms. The van der Waals surface area contributed by atoms with Gasteiger partial charge in [-0.3, -0.25) is 4.79 Å². The average molecular weight is 390 g/mol. The lowest BCUT2D eigenvalue weighted by Gasteiger charge is -2.12. The molecule has 0 bridgehead atoms. The summed E-state index contributed by atoms with van der Waals surface area (Å²) in [4.78, 5) is 12.6. The van der Waals surface area contributed by atoms with Crippen LogP contribution in [0.2, 0.25) is 0 Å². The second-order valence-corrected chi connectivity index (χ2v) is 6.67. The van der Waals surface area contributed by atoms with Gasteiger partial charge in [-0.1, -0.05) is 34.1 Å². The Hall–Kier alpha value is -2.01. The van der Waals surface area contributed by atoms with Crippen molar-refractivity contribution < 1.29 is 14.3 Å². The lowest BCUT2D eigenvalue weighted by Crippen LogP contribution is -2.15. The van der Waals surface area contributed by atoms with Gasteiger partial charge >= 0.3 is 0 Å². The van der Waals surface area contributed by atoms with Crippen molar-refractivity contribution >= 4 is 27.5 Å². The number of ether oxygens (including phenoxy) is 2. The van der Waals surface area contributed by atoms with Gasteiger partial charge in [-0.2, -0.15) is 0 Å². The molecule has 3 rings (SSSR count). The smallest absolute Gasteiger partial charge is 0.228 e. The van der Waals surface area contributed by atoms with Crippen molar-refractivity contribution in [2.75, 3.05) is 19.0 Å². The number of hydrogen-bond acceptors (Lipinski definition) is 3. The molecular formula is C19H20BrNO3. The summed E-state index contributed by atoms with van der Waals surface area (Å²) in [6, 6.07) is 13.5. The Balaban J connectivity index is 1.72. The van der Waals surface area contributed by atoms with Crippen LogP contribution in [0.3, 0.4) is 0 Å². The van der Waals surface area contributed by atoms with E-state index in [9.17, 15) is 4.79 Å². The lowest BCUT2D eigenvalue weighted by atomic mass is 10.1. The Morgan fingerprint density at radius 2 is 2.04 bits per heavy atom. The van der Waals surface area contributed by atoms with E-state index in [1.807, 2.05) is 49.4 Å². The molecule has 0 radical (unpaired) electrons. The van der Waals surface area contributed by atoms with E-state index in [2.05, 4.69) is 21.2 Å². The minimum atomic E-state index is -0.0326. The van der Waals surface area contributed by atoms with Crippen molar-refractivity contribution in [1.82, 2.24) is 0 Å². The van der Waals surface area contributed by atoms with Crippen LogP contribution in [0.1, 0.15) is 24.8 Å². The standard InChI is InChI=1S/C19H20BrNO3/c1-3-24-18-9-8-12(20)10-16(18)21-19(22)15-11-14(15)13-6-4-5-7-17(13)23-2/h4-10,14-15H,3,11H2,1-2H3,(H,21,22). The Morgan fingerprint density at radius 3 is 2.79 bits per heavy atom. The minimum Gasteiger partial charge on any atom is -0.496 e. The van der Waals surface area contributed by atoms with Crippen LogP contribution in [0.15, 0.2) is 46.9 Å². The molecule has 126 valence electrons. The summed E-state index contributed by atoms with van der Waals surface area (Å²) in [7, 11) is 1.66. The van der Waals surface area contributed by atoms with Gasteiger partial charge in [-0.05, 0) is 49.1 Å². The molecule has 0 spiro atoms. The number of amides is 1. The van der Waals surface area contributed by atoms with Crippen molar-refractivity contribution in [1.29, 1.82) is 0 Å². The summed E-state index contributed by atoms with van der Waals surface area (Å²) in [6.07, 6.45) is 0.837. The maximum atomic E-state index is 12.6. The molecule has 1 saturated carbocycles. The van der Waals surface area contributed by atoms with Crippen LogP contribution < -0.4 is 14.8 Å². The molecule has 1 aliphatic rings. The molecule has 2 aromatic carbocycles. The number of hydrogen-bond donors (Lipinski definition) is 1. The maximum absolute atomic E-state index is 12.6. The zero-order chi connectivity index (χ0) is 17.1. The number of benzene rings is 2. The van der Waals surface area contributed by atoms with E-state index >= 15 is 0 Å². The minimum absolute atomic E-state index is 0.0185. The SMILES string of the molecule is CCOc1ccc(Br)cc1NC(=O)C1CC1c1ccccc1OC. The molecule has 2 unspecified atom stereocenters. The molecule has 4 nitrogen and oxygen atoms in total. The van der Waals surface area contributed by atoms with Gasteiger partial charge < -0.3 is 14.8 Å². The van der Waals surface area contributed by atoms with Crippen LogP contribution in [-0.2, 0) is 4.79 Å². The van der Waals surface area contributed by atoms with Gasteiger partial charge in [0.05, 0.1) is 19.4 Å². The summed E-state index contributed by atoms with van der Waals surface area (Å²) in [5.74, 6) is 1.72. The number of rotatable bonds is 6. The normalized spacial score (nSPS) is 18.8. The molecule has 0 saturated heterocycles. The Morgan fingerprint density at radius 1 is 1.25 bits per heavy atom. The van der Waals surface area contributed by atoms with Crippen LogP contribution in [0, 0.1) is 5.92 Å². The van der Waals surface area contributed by atoms with Gasteiger partial charge in [0.15, 0.2) is 0 Å². The third kappa shape index (κ3) is 3.56. The predicted molar refractivity (Wildman–Crippen MR) is 97.8 cm³/mol. The highest BCUT2D eigenvalue weighted by Crippen LogP contribution is 2.51. The van der Waals surface area contributed by atoms with Crippen molar-refractivity contribution in [2.24, 2.45) is 5.92 Å². The predicted octanol–water partition coefficient (Wildman–Crippen LogP) is 4.60. The van der Waals surface area contributed by atoms with Crippen LogP contribution in [0.25, 0.3) is 0 Å². The van der Waals surface area contributed by atoms with E-state index in [0.717, 1.165) is 22.2 Å². The number of anilines is 1. The fourth-order valence-electron chi connectivity index (χ4n) is 2.91. The van der Waals surface area contributed by atoms with Crippen LogP contribution >= 0.6 is 15.9 Å². The van der Waals surface area contributed by atoms with E-state index in [4.69, 9.17) is 9.47 Å². The summed E-state index contributed by atoms with van der Waals surface area (Å²) < 4.78 is 11.9. The fraction of sp³-hybridized carbons (Fsp3) is 0.316. The van der Waals surface area contributed by atoms with Crippen molar-refractivity contribution in [3.8, 4) is 11.5 Å². The first-order valence-corrected chi connectivity index (χ1v) is 8.79. The molecule has 0 aliphatic heterocycles. The maximum Gasteiger partial charge on any atom is 0.228 e. The molecule has 1 aliphatic carbocycles. The monoisotopic (exact) mass is 389 g/mol. The molecule has 1 fully saturated rings. The Labute approximate surface area is 150 Å². The first-order valence-electron chi connectivity index (χ1n) is 8.00. The van der Waals surface area contributed by atoms with Gasteiger partial charge in [0, 0.05) is 10.4 Å². The van der Waals surface area contributed by atoms with Crippen LogP contribution in [0.5, 0.6) is 11.5 Å². The van der Waals surface area contributed by atoms with Crippen LogP contribution in [-0.4, -0.2) is 19.6 Å². The van der Waals surface area contributed by atoms with Gasteiger partial charge in [0.1, 0.15) is 11.5 Å². The number of carbonyl (C=O) groups is 1. The molecule has 0 heterocycles. The molecular weight excluding hydrogens is 370 g/mol. The van der Waals surface area contributed by atoms with Gasteiger partial charge in [0.2, 0.25) is 5.91 Å². The molecule has 1 amide bonds. The topological polar surface area (TPSA) is 47.6 Å². The second-order valence-electron chi connectivity index (χ2n) is 5.75. The molecule has 2 atom stereocenters. The van der Waals surface area contributed by atoms with Crippen LogP contribution in [0.4, 0.5) is 5.69 Å². The Bertz CT molecular complexity index is 747. The van der Waals surface area contributed by atoms with Gasteiger partial charge in [-0.15, -0.1) is 0 Å². The molecule has 0 aromatic heterocycles.